The summed E-state index contributed by atoms with van der Waals surface area (Å²) in [7, 11) is 5.27. The Bertz CT molecular complexity index is 510. The molecule has 1 aliphatic heterocycles. The highest BCUT2D eigenvalue weighted by atomic mass is 19.1. The van der Waals surface area contributed by atoms with Crippen molar-refractivity contribution in [1.82, 2.24) is 9.80 Å². The number of nitrogens with two attached hydrogens (primary N) is 1. The topological polar surface area (TPSA) is 52.8 Å². The predicted octanol–water partition coefficient (Wildman–Crippen LogP) is 0.861. The van der Waals surface area contributed by atoms with Gasteiger partial charge in [-0.3, -0.25) is 4.79 Å². The molecule has 1 aromatic carbocycles. The molecule has 2 rings (SSSR count). The van der Waals surface area contributed by atoms with Gasteiger partial charge in [0, 0.05) is 40.3 Å². The zero-order chi connectivity index (χ0) is 14.9. The van der Waals surface area contributed by atoms with Gasteiger partial charge >= 0.3 is 0 Å². The van der Waals surface area contributed by atoms with Crippen molar-refractivity contribution in [2.24, 2.45) is 0 Å². The molecule has 2 N–H and O–H groups in total. The first-order valence-electron chi connectivity index (χ1n) is 6.65. The van der Waals surface area contributed by atoms with E-state index in [1.165, 1.54) is 11.0 Å². The third kappa shape index (κ3) is 2.70. The highest BCUT2D eigenvalue weighted by Gasteiger charge is 2.25. The standard InChI is InChI=1S/C14H21FN4O/c1-17(2)14(20)12-11(5-4-10(16)13(12)15)19-8-6-18(3)7-9-19/h4-5H,6-9,16H2,1-3H3. The molecule has 1 amide bonds. The van der Waals surface area contributed by atoms with Gasteiger partial charge in [-0.05, 0) is 19.2 Å². The molecule has 1 saturated heterocycles. The molecule has 5 nitrogen and oxygen atoms in total. The predicted molar refractivity (Wildman–Crippen MR) is 78.5 cm³/mol. The van der Waals surface area contributed by atoms with Crippen molar-refractivity contribution in [2.45, 2.75) is 0 Å². The summed E-state index contributed by atoms with van der Waals surface area (Å²) >= 11 is 0. The first-order valence-corrected chi connectivity index (χ1v) is 6.65. The molecule has 0 atom stereocenters. The molecule has 1 fully saturated rings. The minimum atomic E-state index is -0.625. The number of hydrogen-bond acceptors (Lipinski definition) is 4. The van der Waals surface area contributed by atoms with Crippen molar-refractivity contribution in [3.63, 3.8) is 0 Å². The molecule has 0 saturated carbocycles. The van der Waals surface area contributed by atoms with Crippen molar-refractivity contribution in [3.8, 4) is 0 Å². The molecule has 0 spiro atoms. The first kappa shape index (κ1) is 14.6. The summed E-state index contributed by atoms with van der Waals surface area (Å²) in [4.78, 5) is 17.9. The fourth-order valence-electron chi connectivity index (χ4n) is 2.32. The average molecular weight is 280 g/mol. The van der Waals surface area contributed by atoms with Crippen molar-refractivity contribution in [2.75, 3.05) is 58.0 Å². The third-order valence-electron chi connectivity index (χ3n) is 3.61. The van der Waals surface area contributed by atoms with Crippen LogP contribution in [0.15, 0.2) is 12.1 Å². The van der Waals surface area contributed by atoms with Gasteiger partial charge in [0.2, 0.25) is 0 Å². The van der Waals surface area contributed by atoms with Crippen LogP contribution in [0.1, 0.15) is 10.4 Å². The Balaban J connectivity index is 2.42. The lowest BCUT2D eigenvalue weighted by molar-refractivity contribution is 0.0823. The number of hydrogen-bond donors (Lipinski definition) is 1. The minimum absolute atomic E-state index is 0.00748. The van der Waals surface area contributed by atoms with Crippen LogP contribution in [0.5, 0.6) is 0 Å². The summed E-state index contributed by atoms with van der Waals surface area (Å²) in [5.74, 6) is -0.983. The summed E-state index contributed by atoms with van der Waals surface area (Å²) in [6.07, 6.45) is 0. The Morgan fingerprint density at radius 2 is 1.85 bits per heavy atom. The number of benzene rings is 1. The lowest BCUT2D eigenvalue weighted by Crippen LogP contribution is -2.45. The number of carbonyl (C=O) groups excluding carboxylic acids is 1. The normalized spacial score (nSPS) is 16.3. The molecule has 0 aliphatic carbocycles. The van der Waals surface area contributed by atoms with Crippen molar-refractivity contribution in [3.05, 3.63) is 23.5 Å². The van der Waals surface area contributed by atoms with E-state index in [1.54, 1.807) is 20.2 Å². The van der Waals surface area contributed by atoms with Crippen LogP contribution in [0, 0.1) is 5.82 Å². The molecule has 0 unspecified atom stereocenters. The Labute approximate surface area is 118 Å². The molecular weight excluding hydrogens is 259 g/mol. The SMILES string of the molecule is CN1CCN(c2ccc(N)c(F)c2C(=O)N(C)C)CC1. The maximum atomic E-state index is 14.3. The molecular formula is C14H21FN4O. The summed E-state index contributed by atoms with van der Waals surface area (Å²) in [6.45, 7) is 3.32. The monoisotopic (exact) mass is 280 g/mol. The largest absolute Gasteiger partial charge is 0.396 e. The van der Waals surface area contributed by atoms with E-state index >= 15 is 0 Å². The zero-order valence-corrected chi connectivity index (χ0v) is 12.2. The quantitative estimate of drug-likeness (QED) is 0.817. The summed E-state index contributed by atoms with van der Waals surface area (Å²) < 4.78 is 14.3. The van der Waals surface area contributed by atoms with Crippen molar-refractivity contribution < 1.29 is 9.18 Å². The number of nitrogen functional groups attached to an aromatic ring is 1. The van der Waals surface area contributed by atoms with E-state index in [2.05, 4.69) is 4.90 Å². The number of rotatable bonds is 2. The van der Waals surface area contributed by atoms with Crippen LogP contribution < -0.4 is 10.6 Å². The number of piperazine rings is 1. The van der Waals surface area contributed by atoms with Crippen LogP contribution in [0.25, 0.3) is 0 Å². The second kappa shape index (κ2) is 5.66. The summed E-state index contributed by atoms with van der Waals surface area (Å²) in [6, 6.07) is 3.26. The number of halogens is 1. The number of nitrogens with zero attached hydrogens (tertiary/aromatic N) is 3. The molecule has 1 aliphatic rings. The highest BCUT2D eigenvalue weighted by Crippen LogP contribution is 2.28. The van der Waals surface area contributed by atoms with Gasteiger partial charge in [-0.2, -0.15) is 0 Å². The van der Waals surface area contributed by atoms with Gasteiger partial charge in [0.25, 0.3) is 5.91 Å². The fraction of sp³-hybridized carbons (Fsp3) is 0.500. The summed E-state index contributed by atoms with van der Waals surface area (Å²) in [5.41, 5.74) is 6.31. The second-order valence-corrected chi connectivity index (χ2v) is 5.35. The summed E-state index contributed by atoms with van der Waals surface area (Å²) in [5, 5.41) is 0. The zero-order valence-electron chi connectivity index (χ0n) is 12.2. The van der Waals surface area contributed by atoms with Crippen LogP contribution in [0.4, 0.5) is 15.8 Å². The van der Waals surface area contributed by atoms with E-state index in [4.69, 9.17) is 5.73 Å². The third-order valence-corrected chi connectivity index (χ3v) is 3.61. The van der Waals surface area contributed by atoms with Gasteiger partial charge in [0.15, 0.2) is 5.82 Å². The lowest BCUT2D eigenvalue weighted by Gasteiger charge is -2.35. The van der Waals surface area contributed by atoms with Crippen LogP contribution in [0.2, 0.25) is 0 Å². The van der Waals surface area contributed by atoms with E-state index in [0.29, 0.717) is 5.69 Å². The number of anilines is 2. The van der Waals surface area contributed by atoms with Gasteiger partial charge in [-0.15, -0.1) is 0 Å². The Kier molecular flexibility index (Phi) is 4.13. The van der Waals surface area contributed by atoms with E-state index in [1.807, 2.05) is 11.9 Å². The average Bonchev–Trinajstić information content (AvgIpc) is 2.42. The minimum Gasteiger partial charge on any atom is -0.396 e. The van der Waals surface area contributed by atoms with Gasteiger partial charge in [0.05, 0.1) is 11.4 Å². The van der Waals surface area contributed by atoms with Crippen molar-refractivity contribution in [1.29, 1.82) is 0 Å². The molecule has 1 heterocycles. The Morgan fingerprint density at radius 3 is 2.40 bits per heavy atom. The van der Waals surface area contributed by atoms with Crippen LogP contribution >= 0.6 is 0 Å². The van der Waals surface area contributed by atoms with E-state index in [0.717, 1.165) is 26.2 Å². The van der Waals surface area contributed by atoms with Gasteiger partial charge in [0.1, 0.15) is 5.56 Å². The maximum absolute atomic E-state index is 14.3. The second-order valence-electron chi connectivity index (χ2n) is 5.35. The molecule has 20 heavy (non-hydrogen) atoms. The van der Waals surface area contributed by atoms with Crippen molar-refractivity contribution >= 4 is 17.3 Å². The van der Waals surface area contributed by atoms with E-state index in [-0.39, 0.29) is 17.2 Å². The number of likely N-dealkylation sites (N-methyl/N-ethyl adjacent to an activating group) is 1. The van der Waals surface area contributed by atoms with E-state index in [9.17, 15) is 9.18 Å². The Hall–Kier alpha value is -1.82. The molecule has 0 aromatic heterocycles. The maximum Gasteiger partial charge on any atom is 0.258 e. The van der Waals surface area contributed by atoms with Gasteiger partial charge in [-0.25, -0.2) is 4.39 Å². The Morgan fingerprint density at radius 1 is 1.25 bits per heavy atom. The number of carbonyl (C=O) groups is 1. The molecule has 1 aromatic rings. The lowest BCUT2D eigenvalue weighted by atomic mass is 10.1. The van der Waals surface area contributed by atoms with Crippen LogP contribution in [-0.2, 0) is 0 Å². The van der Waals surface area contributed by atoms with Crippen LogP contribution in [-0.4, -0.2) is 63.0 Å². The van der Waals surface area contributed by atoms with E-state index < -0.39 is 5.82 Å². The smallest absolute Gasteiger partial charge is 0.258 e. The van der Waals surface area contributed by atoms with Gasteiger partial charge in [-0.1, -0.05) is 0 Å². The van der Waals surface area contributed by atoms with Gasteiger partial charge < -0.3 is 20.4 Å². The molecule has 110 valence electrons. The molecule has 0 bridgehead atoms. The molecule has 0 radical (unpaired) electrons. The number of amides is 1. The fourth-order valence-corrected chi connectivity index (χ4v) is 2.32. The molecule has 6 heteroatoms. The highest BCUT2D eigenvalue weighted by molar-refractivity contribution is 6.00. The van der Waals surface area contributed by atoms with Crippen LogP contribution in [0.3, 0.4) is 0 Å². The first-order chi connectivity index (χ1) is 9.41.